The second kappa shape index (κ2) is 4.32. The second-order valence-electron chi connectivity index (χ2n) is 3.23. The van der Waals surface area contributed by atoms with Crippen LogP contribution in [0.1, 0.15) is 39.5 Å². The first-order chi connectivity index (χ1) is 5.29. The summed E-state index contributed by atoms with van der Waals surface area (Å²) in [4.78, 5) is 0. The predicted molar refractivity (Wildman–Crippen MR) is 48.1 cm³/mol. The molecule has 3 unspecified atom stereocenters. The molecule has 11 heavy (non-hydrogen) atoms. The first-order valence-corrected chi connectivity index (χ1v) is 5.02. The molecule has 0 saturated carbocycles. The summed E-state index contributed by atoms with van der Waals surface area (Å²) < 4.78 is 5.44. The molecule has 1 rings (SSSR count). The van der Waals surface area contributed by atoms with Crippen LogP contribution >= 0.6 is 11.6 Å². The molecule has 2 heteroatoms. The zero-order valence-electron chi connectivity index (χ0n) is 7.35. The smallest absolute Gasteiger partial charge is 0.100 e. The summed E-state index contributed by atoms with van der Waals surface area (Å²) in [6.07, 6.45) is 5.49. The fourth-order valence-electron chi connectivity index (χ4n) is 1.43. The Kier molecular flexibility index (Phi) is 3.67. The number of epoxide rings is 1. The van der Waals surface area contributed by atoms with E-state index in [1.807, 2.05) is 0 Å². The lowest BCUT2D eigenvalue weighted by Crippen LogP contribution is -2.09. The summed E-state index contributed by atoms with van der Waals surface area (Å²) in [6.45, 7) is 4.34. The van der Waals surface area contributed by atoms with Crippen LogP contribution in [-0.2, 0) is 4.74 Å². The molecule has 1 aliphatic rings. The summed E-state index contributed by atoms with van der Waals surface area (Å²) in [6, 6.07) is 0. The van der Waals surface area contributed by atoms with Gasteiger partial charge in [0.15, 0.2) is 0 Å². The van der Waals surface area contributed by atoms with Crippen molar-refractivity contribution in [3.8, 4) is 0 Å². The summed E-state index contributed by atoms with van der Waals surface area (Å²) in [5.41, 5.74) is 0. The highest BCUT2D eigenvalue weighted by Gasteiger charge is 2.42. The quantitative estimate of drug-likeness (QED) is 0.464. The molecule has 0 bridgehead atoms. The number of alkyl halides is 1. The number of halogens is 1. The van der Waals surface area contributed by atoms with E-state index in [4.69, 9.17) is 16.3 Å². The first kappa shape index (κ1) is 9.34. The molecule has 0 aromatic rings. The van der Waals surface area contributed by atoms with Crippen LogP contribution in [-0.4, -0.2) is 17.6 Å². The fraction of sp³-hybridized carbons (Fsp3) is 1.00. The van der Waals surface area contributed by atoms with Crippen LogP contribution in [0.25, 0.3) is 0 Å². The third kappa shape index (κ3) is 2.64. The van der Waals surface area contributed by atoms with E-state index in [9.17, 15) is 0 Å². The highest BCUT2D eigenvalue weighted by atomic mass is 35.5. The minimum atomic E-state index is 0.261. The molecule has 3 atom stereocenters. The number of ether oxygens (including phenoxy) is 1. The lowest BCUT2D eigenvalue weighted by Gasteiger charge is -2.01. The molecule has 0 aliphatic carbocycles. The maximum atomic E-state index is 6.08. The van der Waals surface area contributed by atoms with Crippen LogP contribution in [0.3, 0.4) is 0 Å². The second-order valence-corrected chi connectivity index (χ2v) is 3.79. The zero-order valence-corrected chi connectivity index (χ0v) is 8.10. The average molecular weight is 177 g/mol. The van der Waals surface area contributed by atoms with Gasteiger partial charge in [-0.25, -0.2) is 0 Å². The van der Waals surface area contributed by atoms with E-state index in [2.05, 4.69) is 13.8 Å². The Morgan fingerprint density at radius 3 is 2.64 bits per heavy atom. The summed E-state index contributed by atoms with van der Waals surface area (Å²) in [7, 11) is 0. The van der Waals surface area contributed by atoms with E-state index in [-0.39, 0.29) is 5.38 Å². The summed E-state index contributed by atoms with van der Waals surface area (Å²) in [5, 5.41) is 0.261. The third-order valence-electron chi connectivity index (χ3n) is 2.12. The Balaban J connectivity index is 2.10. The summed E-state index contributed by atoms with van der Waals surface area (Å²) >= 11 is 6.08. The maximum Gasteiger partial charge on any atom is 0.100 e. The normalized spacial score (nSPS) is 31.9. The monoisotopic (exact) mass is 176 g/mol. The molecule has 66 valence electrons. The molecular formula is C9H17ClO. The van der Waals surface area contributed by atoms with Crippen LogP contribution in [0.4, 0.5) is 0 Å². The Labute approximate surface area is 74.1 Å². The predicted octanol–water partition coefficient (Wildman–Crippen LogP) is 2.96. The SMILES string of the molecule is CCCC(Cl)C1OC1CCC. The van der Waals surface area contributed by atoms with Crippen molar-refractivity contribution < 1.29 is 4.74 Å². The van der Waals surface area contributed by atoms with Gasteiger partial charge < -0.3 is 4.74 Å². The zero-order chi connectivity index (χ0) is 8.27. The van der Waals surface area contributed by atoms with Gasteiger partial charge in [-0.15, -0.1) is 11.6 Å². The van der Waals surface area contributed by atoms with Crippen LogP contribution < -0.4 is 0 Å². The van der Waals surface area contributed by atoms with E-state index < -0.39 is 0 Å². The van der Waals surface area contributed by atoms with Crippen LogP contribution in [0.2, 0.25) is 0 Å². The van der Waals surface area contributed by atoms with Gasteiger partial charge in [-0.2, -0.15) is 0 Å². The molecule has 1 saturated heterocycles. The number of rotatable bonds is 5. The van der Waals surface area contributed by atoms with Gasteiger partial charge in [0.2, 0.25) is 0 Å². The standard InChI is InChI=1S/C9H17ClO/c1-3-5-7(10)9-8(11-9)6-4-2/h7-9H,3-6H2,1-2H3. The van der Waals surface area contributed by atoms with E-state index >= 15 is 0 Å². The highest BCUT2D eigenvalue weighted by Crippen LogP contribution is 2.33. The molecule has 0 radical (unpaired) electrons. The maximum absolute atomic E-state index is 6.08. The highest BCUT2D eigenvalue weighted by molar-refractivity contribution is 6.21. The molecule has 1 aliphatic heterocycles. The molecular weight excluding hydrogens is 160 g/mol. The van der Waals surface area contributed by atoms with E-state index in [0.717, 1.165) is 12.8 Å². The van der Waals surface area contributed by atoms with Crippen LogP contribution in [0, 0.1) is 0 Å². The van der Waals surface area contributed by atoms with Crippen molar-refractivity contribution in [2.45, 2.75) is 57.1 Å². The number of hydrogen-bond acceptors (Lipinski definition) is 1. The lowest BCUT2D eigenvalue weighted by atomic mass is 10.1. The number of hydrogen-bond donors (Lipinski definition) is 0. The van der Waals surface area contributed by atoms with Gasteiger partial charge in [0.1, 0.15) is 6.10 Å². The first-order valence-electron chi connectivity index (χ1n) is 4.59. The Bertz CT molecular complexity index is 116. The van der Waals surface area contributed by atoms with Crippen LogP contribution in [0.15, 0.2) is 0 Å². The molecule has 1 fully saturated rings. The van der Waals surface area contributed by atoms with Gasteiger partial charge in [0, 0.05) is 0 Å². The van der Waals surface area contributed by atoms with E-state index in [0.29, 0.717) is 12.2 Å². The van der Waals surface area contributed by atoms with Crippen molar-refractivity contribution in [3.63, 3.8) is 0 Å². The molecule has 1 heterocycles. The molecule has 0 aromatic carbocycles. The molecule has 0 spiro atoms. The minimum Gasteiger partial charge on any atom is -0.368 e. The van der Waals surface area contributed by atoms with Gasteiger partial charge in [-0.1, -0.05) is 26.7 Å². The molecule has 0 aromatic heterocycles. The lowest BCUT2D eigenvalue weighted by molar-refractivity contribution is 0.354. The largest absolute Gasteiger partial charge is 0.368 e. The van der Waals surface area contributed by atoms with Crippen molar-refractivity contribution in [2.24, 2.45) is 0 Å². The molecule has 1 nitrogen and oxygen atoms in total. The Hall–Kier alpha value is 0.250. The van der Waals surface area contributed by atoms with E-state index in [1.54, 1.807) is 0 Å². The Morgan fingerprint density at radius 1 is 1.36 bits per heavy atom. The van der Waals surface area contributed by atoms with Gasteiger partial charge >= 0.3 is 0 Å². The van der Waals surface area contributed by atoms with Gasteiger partial charge in [0.25, 0.3) is 0 Å². The van der Waals surface area contributed by atoms with Crippen molar-refractivity contribution in [1.82, 2.24) is 0 Å². The van der Waals surface area contributed by atoms with Gasteiger partial charge in [-0.05, 0) is 12.8 Å². The van der Waals surface area contributed by atoms with Crippen molar-refractivity contribution in [2.75, 3.05) is 0 Å². The fourth-order valence-corrected chi connectivity index (χ4v) is 1.87. The van der Waals surface area contributed by atoms with E-state index in [1.165, 1.54) is 12.8 Å². The van der Waals surface area contributed by atoms with Crippen molar-refractivity contribution >= 4 is 11.6 Å². The van der Waals surface area contributed by atoms with Gasteiger partial charge in [-0.3, -0.25) is 0 Å². The van der Waals surface area contributed by atoms with Gasteiger partial charge in [0.05, 0.1) is 11.5 Å². The topological polar surface area (TPSA) is 12.5 Å². The minimum absolute atomic E-state index is 0.261. The van der Waals surface area contributed by atoms with Crippen molar-refractivity contribution in [1.29, 1.82) is 0 Å². The summed E-state index contributed by atoms with van der Waals surface area (Å²) in [5.74, 6) is 0. The molecule has 0 N–H and O–H groups in total. The van der Waals surface area contributed by atoms with Crippen molar-refractivity contribution in [3.05, 3.63) is 0 Å². The average Bonchev–Trinajstić information content (AvgIpc) is 2.69. The molecule has 0 amide bonds. The van der Waals surface area contributed by atoms with Crippen LogP contribution in [0.5, 0.6) is 0 Å². The Morgan fingerprint density at radius 2 is 2.09 bits per heavy atom. The third-order valence-corrected chi connectivity index (χ3v) is 2.58.